The second-order valence-corrected chi connectivity index (χ2v) is 6.29. The monoisotopic (exact) mass is 372 g/mol. The van der Waals surface area contributed by atoms with Crippen molar-refractivity contribution in [2.75, 3.05) is 34.0 Å². The molecule has 1 aliphatic rings. The molecule has 1 aromatic carbocycles. The largest absolute Gasteiger partial charge is 0.493 e. The quantitative estimate of drug-likeness (QED) is 0.864. The Morgan fingerprint density at radius 1 is 1.30 bits per heavy atom. The fourth-order valence-electron chi connectivity index (χ4n) is 3.41. The molecule has 3 rings (SSSR count). The Labute approximate surface area is 158 Å². The number of aliphatic hydroxyl groups excluding tert-OH is 1. The van der Waals surface area contributed by atoms with E-state index in [1.54, 1.807) is 43.5 Å². The fraction of sp³-hybridized carbons (Fsp3) is 0.400. The van der Waals surface area contributed by atoms with E-state index < -0.39 is 12.1 Å². The summed E-state index contributed by atoms with van der Waals surface area (Å²) in [7, 11) is 3.13. The van der Waals surface area contributed by atoms with Crippen LogP contribution in [-0.2, 0) is 4.74 Å². The molecule has 7 heteroatoms. The van der Waals surface area contributed by atoms with E-state index in [-0.39, 0.29) is 12.5 Å². The van der Waals surface area contributed by atoms with Crippen LogP contribution in [0.3, 0.4) is 0 Å². The Morgan fingerprint density at radius 3 is 2.74 bits per heavy atom. The number of morpholine rings is 1. The molecule has 144 valence electrons. The summed E-state index contributed by atoms with van der Waals surface area (Å²) in [5, 5.41) is 9.84. The number of amides is 1. The van der Waals surface area contributed by atoms with Gasteiger partial charge in [-0.25, -0.2) is 0 Å². The lowest BCUT2D eigenvalue weighted by molar-refractivity contribution is -0.0812. The fourth-order valence-corrected chi connectivity index (χ4v) is 3.41. The number of benzene rings is 1. The van der Waals surface area contributed by atoms with Crippen LogP contribution in [0.1, 0.15) is 27.7 Å². The van der Waals surface area contributed by atoms with Gasteiger partial charge in [-0.05, 0) is 36.8 Å². The van der Waals surface area contributed by atoms with Crippen LogP contribution in [0.25, 0.3) is 0 Å². The average Bonchev–Trinajstić information content (AvgIpc) is 2.72. The lowest BCUT2D eigenvalue weighted by Gasteiger charge is -2.41. The van der Waals surface area contributed by atoms with Gasteiger partial charge in [-0.2, -0.15) is 0 Å². The number of aromatic nitrogens is 1. The van der Waals surface area contributed by atoms with Crippen LogP contribution < -0.4 is 9.47 Å². The molecule has 0 unspecified atom stereocenters. The van der Waals surface area contributed by atoms with Crippen molar-refractivity contribution in [1.29, 1.82) is 0 Å². The van der Waals surface area contributed by atoms with E-state index in [9.17, 15) is 9.90 Å². The molecule has 2 aromatic rings. The van der Waals surface area contributed by atoms with Gasteiger partial charge in [-0.1, -0.05) is 6.07 Å². The highest BCUT2D eigenvalue weighted by Crippen LogP contribution is 2.36. The highest BCUT2D eigenvalue weighted by Gasteiger charge is 2.37. The highest BCUT2D eigenvalue weighted by atomic mass is 16.5. The molecule has 0 spiro atoms. The SMILES string of the molecule is COc1ccc([C@@H]2[C@@H](CO)OCCN2C(=O)c2cccnc2C)cc1OC. The maximum Gasteiger partial charge on any atom is 0.256 e. The van der Waals surface area contributed by atoms with E-state index in [2.05, 4.69) is 4.98 Å². The van der Waals surface area contributed by atoms with Gasteiger partial charge in [0.15, 0.2) is 11.5 Å². The third-order valence-corrected chi connectivity index (χ3v) is 4.78. The van der Waals surface area contributed by atoms with E-state index in [1.807, 2.05) is 19.1 Å². The second-order valence-electron chi connectivity index (χ2n) is 6.29. The zero-order valence-corrected chi connectivity index (χ0v) is 15.7. The van der Waals surface area contributed by atoms with Gasteiger partial charge in [-0.3, -0.25) is 9.78 Å². The number of rotatable bonds is 5. The summed E-state index contributed by atoms with van der Waals surface area (Å²) in [4.78, 5) is 19.2. The van der Waals surface area contributed by atoms with Gasteiger partial charge in [0, 0.05) is 18.4 Å². The van der Waals surface area contributed by atoms with Crippen LogP contribution >= 0.6 is 0 Å². The summed E-state index contributed by atoms with van der Waals surface area (Å²) in [6, 6.07) is 8.53. The molecule has 1 amide bonds. The summed E-state index contributed by atoms with van der Waals surface area (Å²) in [6.07, 6.45) is 1.13. The third kappa shape index (κ3) is 3.74. The summed E-state index contributed by atoms with van der Waals surface area (Å²) < 4.78 is 16.4. The maximum absolute atomic E-state index is 13.2. The number of carbonyl (C=O) groups excluding carboxylic acids is 1. The molecule has 0 saturated carbocycles. The van der Waals surface area contributed by atoms with Gasteiger partial charge in [0.05, 0.1) is 39.0 Å². The lowest BCUT2D eigenvalue weighted by atomic mass is 9.96. The van der Waals surface area contributed by atoms with Crippen molar-refractivity contribution in [3.8, 4) is 11.5 Å². The molecule has 0 aliphatic carbocycles. The minimum absolute atomic E-state index is 0.137. The zero-order chi connectivity index (χ0) is 19.4. The Balaban J connectivity index is 2.02. The standard InChI is InChI=1S/C20H24N2O5/c1-13-15(5-4-8-21-13)20(24)22-9-10-27-18(12-23)19(22)14-6-7-16(25-2)17(11-14)26-3/h4-8,11,18-19,23H,9-10,12H2,1-3H3/t18-,19-/m1/s1. The molecular weight excluding hydrogens is 348 g/mol. The molecule has 1 fully saturated rings. The first-order valence-electron chi connectivity index (χ1n) is 8.77. The van der Waals surface area contributed by atoms with Crippen molar-refractivity contribution >= 4 is 5.91 Å². The predicted octanol–water partition coefficient (Wildman–Crippen LogP) is 1.98. The van der Waals surface area contributed by atoms with E-state index >= 15 is 0 Å². The summed E-state index contributed by atoms with van der Waals surface area (Å²) in [5.74, 6) is 1.02. The van der Waals surface area contributed by atoms with Crippen molar-refractivity contribution in [2.24, 2.45) is 0 Å². The van der Waals surface area contributed by atoms with Crippen molar-refractivity contribution in [1.82, 2.24) is 9.88 Å². The van der Waals surface area contributed by atoms with Gasteiger partial charge in [-0.15, -0.1) is 0 Å². The minimum atomic E-state index is -0.530. The van der Waals surface area contributed by atoms with Crippen LogP contribution in [0.2, 0.25) is 0 Å². The van der Waals surface area contributed by atoms with E-state index in [0.29, 0.717) is 35.9 Å². The second kappa shape index (κ2) is 8.37. The van der Waals surface area contributed by atoms with Crippen LogP contribution in [0.5, 0.6) is 11.5 Å². The predicted molar refractivity (Wildman–Crippen MR) is 99.1 cm³/mol. The molecule has 7 nitrogen and oxygen atoms in total. The van der Waals surface area contributed by atoms with Gasteiger partial charge in [0.2, 0.25) is 0 Å². The first-order chi connectivity index (χ1) is 13.1. The Hall–Kier alpha value is -2.64. The molecule has 0 radical (unpaired) electrons. The number of hydrogen-bond acceptors (Lipinski definition) is 6. The number of carbonyl (C=O) groups is 1. The van der Waals surface area contributed by atoms with E-state index in [4.69, 9.17) is 14.2 Å². The third-order valence-electron chi connectivity index (χ3n) is 4.78. The van der Waals surface area contributed by atoms with Crippen molar-refractivity contribution in [3.63, 3.8) is 0 Å². The Morgan fingerprint density at radius 2 is 2.07 bits per heavy atom. The van der Waals surface area contributed by atoms with Crippen molar-refractivity contribution < 1.29 is 24.1 Å². The molecule has 2 atom stereocenters. The molecule has 1 N–H and O–H groups in total. The smallest absolute Gasteiger partial charge is 0.256 e. The topological polar surface area (TPSA) is 81.1 Å². The molecule has 1 aliphatic heterocycles. The average molecular weight is 372 g/mol. The number of pyridine rings is 1. The molecule has 1 aromatic heterocycles. The van der Waals surface area contributed by atoms with Gasteiger partial charge in [0.25, 0.3) is 5.91 Å². The summed E-state index contributed by atoms with van der Waals surface area (Å²) in [5.41, 5.74) is 2.02. The van der Waals surface area contributed by atoms with Gasteiger partial charge in [0.1, 0.15) is 6.10 Å². The number of methoxy groups -OCH3 is 2. The maximum atomic E-state index is 13.2. The van der Waals surface area contributed by atoms with E-state index in [0.717, 1.165) is 5.56 Å². The molecule has 0 bridgehead atoms. The Bertz CT molecular complexity index is 811. The molecule has 27 heavy (non-hydrogen) atoms. The molecule has 2 heterocycles. The van der Waals surface area contributed by atoms with Gasteiger partial charge < -0.3 is 24.2 Å². The van der Waals surface area contributed by atoms with Crippen LogP contribution in [-0.4, -0.2) is 61.0 Å². The van der Waals surface area contributed by atoms with Crippen LogP contribution in [0, 0.1) is 6.92 Å². The highest BCUT2D eigenvalue weighted by molar-refractivity contribution is 5.95. The lowest BCUT2D eigenvalue weighted by Crippen LogP contribution is -2.49. The van der Waals surface area contributed by atoms with E-state index in [1.165, 1.54) is 0 Å². The zero-order valence-electron chi connectivity index (χ0n) is 15.7. The Kier molecular flexibility index (Phi) is 5.93. The number of nitrogens with zero attached hydrogens (tertiary/aromatic N) is 2. The number of hydrogen-bond donors (Lipinski definition) is 1. The number of aliphatic hydroxyl groups is 1. The summed E-state index contributed by atoms with van der Waals surface area (Å²) in [6.45, 7) is 2.39. The van der Waals surface area contributed by atoms with Crippen LogP contribution in [0.15, 0.2) is 36.5 Å². The molecule has 1 saturated heterocycles. The number of ether oxygens (including phenoxy) is 3. The minimum Gasteiger partial charge on any atom is -0.493 e. The van der Waals surface area contributed by atoms with Gasteiger partial charge >= 0.3 is 0 Å². The van der Waals surface area contributed by atoms with Crippen molar-refractivity contribution in [2.45, 2.75) is 19.1 Å². The molecular formula is C20H24N2O5. The summed E-state index contributed by atoms with van der Waals surface area (Å²) >= 11 is 0. The van der Waals surface area contributed by atoms with Crippen molar-refractivity contribution in [3.05, 3.63) is 53.3 Å². The first kappa shape index (κ1) is 19.1. The van der Waals surface area contributed by atoms with Crippen LogP contribution in [0.4, 0.5) is 0 Å². The first-order valence-corrected chi connectivity index (χ1v) is 8.77. The normalized spacial score (nSPS) is 19.6. The number of aryl methyl sites for hydroxylation is 1.